The summed E-state index contributed by atoms with van der Waals surface area (Å²) in [4.78, 5) is 14.4. The molecule has 0 aromatic carbocycles. The second-order valence-electron chi connectivity index (χ2n) is 6.10. The van der Waals surface area contributed by atoms with Gasteiger partial charge in [0, 0.05) is 24.7 Å². The fourth-order valence-corrected chi connectivity index (χ4v) is 2.94. The Labute approximate surface area is 154 Å². The predicted molar refractivity (Wildman–Crippen MR) is 92.3 cm³/mol. The van der Waals surface area contributed by atoms with Crippen molar-refractivity contribution in [3.63, 3.8) is 0 Å². The number of hydrogen-bond acceptors (Lipinski definition) is 8. The molecule has 0 bridgehead atoms. The van der Waals surface area contributed by atoms with E-state index in [1.54, 1.807) is 35.2 Å². The third-order valence-electron chi connectivity index (χ3n) is 4.27. The Morgan fingerprint density at radius 2 is 2.07 bits per heavy atom. The van der Waals surface area contributed by atoms with Crippen LogP contribution in [0.2, 0.25) is 0 Å². The van der Waals surface area contributed by atoms with E-state index >= 15 is 0 Å². The highest BCUT2D eigenvalue weighted by atomic mass is 16.5. The monoisotopic (exact) mass is 370 g/mol. The number of carbonyl (C=O) groups is 1. The molecule has 4 heterocycles. The van der Waals surface area contributed by atoms with E-state index in [9.17, 15) is 4.79 Å². The maximum Gasteiger partial charge on any atom is 0.276 e. The number of piperidine rings is 1. The van der Waals surface area contributed by atoms with Gasteiger partial charge in [0.1, 0.15) is 6.10 Å². The zero-order valence-electron chi connectivity index (χ0n) is 14.7. The fourth-order valence-electron chi connectivity index (χ4n) is 2.94. The fraction of sp³-hybridized carbons (Fsp3) is 0.333. The van der Waals surface area contributed by atoms with E-state index in [-0.39, 0.29) is 17.7 Å². The van der Waals surface area contributed by atoms with E-state index in [1.807, 2.05) is 0 Å². The molecule has 27 heavy (non-hydrogen) atoms. The van der Waals surface area contributed by atoms with Crippen molar-refractivity contribution in [2.24, 2.45) is 0 Å². The van der Waals surface area contributed by atoms with Crippen molar-refractivity contribution in [1.82, 2.24) is 20.3 Å². The maximum atomic E-state index is 12.7. The highest BCUT2D eigenvalue weighted by Gasteiger charge is 2.28. The van der Waals surface area contributed by atoms with E-state index in [0.29, 0.717) is 36.4 Å². The minimum absolute atomic E-state index is 0.165. The molecule has 1 fully saturated rings. The largest absolute Gasteiger partial charge is 0.480 e. The summed E-state index contributed by atoms with van der Waals surface area (Å²) in [5, 5.41) is 11.7. The molecule has 0 radical (unpaired) electrons. The summed E-state index contributed by atoms with van der Waals surface area (Å²) < 4.78 is 21.3. The quantitative estimate of drug-likeness (QED) is 0.674. The van der Waals surface area contributed by atoms with Crippen LogP contribution in [0.5, 0.6) is 11.8 Å². The van der Waals surface area contributed by atoms with Gasteiger partial charge in [-0.2, -0.15) is 0 Å². The average molecular weight is 370 g/mol. The molecule has 1 saturated heterocycles. The van der Waals surface area contributed by atoms with Crippen LogP contribution < -0.4 is 9.47 Å². The summed E-state index contributed by atoms with van der Waals surface area (Å²) in [6.07, 6.45) is 3.02. The zero-order chi connectivity index (χ0) is 18.6. The van der Waals surface area contributed by atoms with Crippen LogP contribution in [-0.2, 0) is 0 Å². The first-order valence-electron chi connectivity index (χ1n) is 8.57. The van der Waals surface area contributed by atoms with E-state index < -0.39 is 0 Å². The molecule has 140 valence electrons. The molecule has 1 amide bonds. The van der Waals surface area contributed by atoms with Crippen molar-refractivity contribution >= 4 is 5.91 Å². The Hall–Kier alpha value is -3.36. The van der Waals surface area contributed by atoms with Gasteiger partial charge >= 0.3 is 0 Å². The predicted octanol–water partition coefficient (Wildman–Crippen LogP) is 2.42. The van der Waals surface area contributed by atoms with Crippen molar-refractivity contribution < 1.29 is 23.2 Å². The first kappa shape index (κ1) is 17.1. The molecule has 0 spiro atoms. The molecule has 1 unspecified atom stereocenters. The van der Waals surface area contributed by atoms with Gasteiger partial charge in [0.2, 0.25) is 17.5 Å². The number of hydrogen-bond donors (Lipinski definition) is 0. The second kappa shape index (κ2) is 7.48. The number of furan rings is 1. The van der Waals surface area contributed by atoms with Gasteiger partial charge in [0.25, 0.3) is 5.91 Å². The summed E-state index contributed by atoms with van der Waals surface area (Å²) in [6, 6.07) is 8.45. The molecule has 0 aliphatic carbocycles. The highest BCUT2D eigenvalue weighted by Crippen LogP contribution is 2.23. The van der Waals surface area contributed by atoms with Crippen LogP contribution in [0.25, 0.3) is 11.5 Å². The minimum atomic E-state index is -0.203. The number of carbonyl (C=O) groups excluding carboxylic acids is 1. The molecule has 4 rings (SSSR count). The van der Waals surface area contributed by atoms with Crippen molar-refractivity contribution in [3.8, 4) is 23.3 Å². The summed E-state index contributed by atoms with van der Waals surface area (Å²) >= 11 is 0. The summed E-state index contributed by atoms with van der Waals surface area (Å²) in [6.45, 7) is 1.07. The van der Waals surface area contributed by atoms with Crippen LogP contribution in [0.15, 0.2) is 45.5 Å². The van der Waals surface area contributed by atoms with Gasteiger partial charge in [-0.15, -0.1) is 10.2 Å². The van der Waals surface area contributed by atoms with Crippen molar-refractivity contribution in [2.45, 2.75) is 18.9 Å². The Morgan fingerprint density at radius 1 is 1.22 bits per heavy atom. The first-order chi connectivity index (χ1) is 13.2. The number of methoxy groups -OCH3 is 1. The number of ether oxygens (including phenoxy) is 2. The Balaban J connectivity index is 1.40. The van der Waals surface area contributed by atoms with Gasteiger partial charge in [-0.3, -0.25) is 4.79 Å². The lowest BCUT2D eigenvalue weighted by atomic mass is 10.1. The first-order valence-corrected chi connectivity index (χ1v) is 8.57. The standard InChI is InChI=1S/C18H18N4O5/c1-24-16-6-7-17(20-19-16)26-12-4-2-8-22(11-12)18(23)13-10-15(27-21-13)14-5-3-9-25-14/h3,5-7,9-10,12H,2,4,8,11H2,1H3. The molecular weight excluding hydrogens is 352 g/mol. The average Bonchev–Trinajstić information content (AvgIpc) is 3.40. The summed E-state index contributed by atoms with van der Waals surface area (Å²) in [5.41, 5.74) is 0.242. The van der Waals surface area contributed by atoms with Crippen molar-refractivity contribution in [3.05, 3.63) is 42.3 Å². The smallest absolute Gasteiger partial charge is 0.276 e. The molecule has 9 nitrogen and oxygen atoms in total. The number of aromatic nitrogens is 3. The van der Waals surface area contributed by atoms with E-state index in [2.05, 4.69) is 15.4 Å². The molecule has 3 aromatic heterocycles. The number of amides is 1. The van der Waals surface area contributed by atoms with Gasteiger partial charge in [0.15, 0.2) is 11.5 Å². The summed E-state index contributed by atoms with van der Waals surface area (Å²) in [7, 11) is 1.52. The molecule has 1 aliphatic rings. The number of likely N-dealkylation sites (tertiary alicyclic amines) is 1. The molecule has 1 atom stereocenters. The van der Waals surface area contributed by atoms with Crippen LogP contribution in [0, 0.1) is 0 Å². The van der Waals surface area contributed by atoms with E-state index in [0.717, 1.165) is 12.8 Å². The van der Waals surface area contributed by atoms with Gasteiger partial charge in [-0.05, 0) is 25.0 Å². The minimum Gasteiger partial charge on any atom is -0.480 e. The Morgan fingerprint density at radius 3 is 2.81 bits per heavy atom. The topological polar surface area (TPSA) is 104 Å². The zero-order valence-corrected chi connectivity index (χ0v) is 14.7. The number of nitrogens with zero attached hydrogens (tertiary/aromatic N) is 4. The maximum absolute atomic E-state index is 12.7. The number of rotatable bonds is 5. The van der Waals surface area contributed by atoms with Gasteiger partial charge in [-0.1, -0.05) is 5.16 Å². The van der Waals surface area contributed by atoms with Crippen molar-refractivity contribution in [1.29, 1.82) is 0 Å². The Bertz CT molecular complexity index is 891. The van der Waals surface area contributed by atoms with Gasteiger partial charge in [0.05, 0.1) is 19.9 Å². The second-order valence-corrected chi connectivity index (χ2v) is 6.10. The normalized spacial score (nSPS) is 16.9. The van der Waals surface area contributed by atoms with Crippen LogP contribution in [0.3, 0.4) is 0 Å². The van der Waals surface area contributed by atoms with Crippen molar-refractivity contribution in [2.75, 3.05) is 20.2 Å². The molecule has 3 aromatic rings. The highest BCUT2D eigenvalue weighted by molar-refractivity contribution is 5.93. The lowest BCUT2D eigenvalue weighted by Crippen LogP contribution is -2.44. The van der Waals surface area contributed by atoms with Crippen LogP contribution in [-0.4, -0.2) is 52.5 Å². The summed E-state index contributed by atoms with van der Waals surface area (Å²) in [5.74, 6) is 1.56. The third-order valence-corrected chi connectivity index (χ3v) is 4.27. The van der Waals surface area contributed by atoms with Crippen LogP contribution >= 0.6 is 0 Å². The third kappa shape index (κ3) is 3.76. The molecule has 0 N–H and O–H groups in total. The molecule has 9 heteroatoms. The molecule has 1 aliphatic heterocycles. The van der Waals surface area contributed by atoms with E-state index in [1.165, 1.54) is 13.4 Å². The Kier molecular flexibility index (Phi) is 4.73. The lowest BCUT2D eigenvalue weighted by molar-refractivity contribution is 0.0516. The van der Waals surface area contributed by atoms with E-state index in [4.69, 9.17) is 18.4 Å². The SMILES string of the molecule is COc1ccc(OC2CCCN(C(=O)c3cc(-c4ccco4)on3)C2)nn1. The van der Waals surface area contributed by atoms with Gasteiger partial charge in [-0.25, -0.2) is 0 Å². The molecular formula is C18H18N4O5. The van der Waals surface area contributed by atoms with Gasteiger partial charge < -0.3 is 23.3 Å². The lowest BCUT2D eigenvalue weighted by Gasteiger charge is -2.32. The molecule has 0 saturated carbocycles. The van der Waals surface area contributed by atoms with Crippen LogP contribution in [0.1, 0.15) is 23.3 Å². The van der Waals surface area contributed by atoms with Crippen LogP contribution in [0.4, 0.5) is 0 Å².